The molecule has 1 amide bonds. The number of carbonyl (C=O) groups excluding carboxylic acids is 1. The molecule has 116 valence electrons. The summed E-state index contributed by atoms with van der Waals surface area (Å²) in [7, 11) is 2.02. The Bertz CT molecular complexity index is 604. The number of halogens is 1. The van der Waals surface area contributed by atoms with Crippen LogP contribution in [0.25, 0.3) is 0 Å². The number of benzene rings is 1. The number of amides is 1. The molecular weight excluding hydrogens is 298 g/mol. The van der Waals surface area contributed by atoms with Crippen molar-refractivity contribution in [2.24, 2.45) is 0 Å². The number of nitrogens with zero attached hydrogens (tertiary/aromatic N) is 2. The van der Waals surface area contributed by atoms with Gasteiger partial charge in [0.15, 0.2) is 0 Å². The number of nitrogens with one attached hydrogen (secondary N) is 1. The summed E-state index contributed by atoms with van der Waals surface area (Å²) in [5, 5.41) is 3.39. The second-order valence-electron chi connectivity index (χ2n) is 5.19. The summed E-state index contributed by atoms with van der Waals surface area (Å²) in [6, 6.07) is 11.3. The Morgan fingerprint density at radius 2 is 1.91 bits per heavy atom. The Kier molecular flexibility index (Phi) is 6.37. The monoisotopic (exact) mass is 317 g/mol. The summed E-state index contributed by atoms with van der Waals surface area (Å²) in [5.74, 6) is -0.0242. The molecule has 0 aliphatic rings. The van der Waals surface area contributed by atoms with Crippen molar-refractivity contribution in [2.45, 2.75) is 12.8 Å². The van der Waals surface area contributed by atoms with Gasteiger partial charge in [-0.15, -0.1) is 0 Å². The van der Waals surface area contributed by atoms with Gasteiger partial charge >= 0.3 is 0 Å². The van der Waals surface area contributed by atoms with Gasteiger partial charge in [-0.3, -0.25) is 9.78 Å². The molecule has 0 atom stereocenters. The molecule has 0 spiro atoms. The molecule has 0 unspecified atom stereocenters. The quantitative estimate of drug-likeness (QED) is 0.852. The van der Waals surface area contributed by atoms with Gasteiger partial charge < -0.3 is 10.2 Å². The molecule has 1 heterocycles. The highest BCUT2D eigenvalue weighted by Crippen LogP contribution is 2.20. The van der Waals surface area contributed by atoms with Crippen LogP contribution in [0.3, 0.4) is 0 Å². The van der Waals surface area contributed by atoms with Crippen LogP contribution in [0, 0.1) is 0 Å². The Labute approximate surface area is 136 Å². The van der Waals surface area contributed by atoms with Gasteiger partial charge in [0.2, 0.25) is 5.91 Å². The van der Waals surface area contributed by atoms with Gasteiger partial charge in [-0.05, 0) is 43.3 Å². The zero-order valence-electron chi connectivity index (χ0n) is 12.6. The molecular formula is C17H20ClN3O. The lowest BCUT2D eigenvalue weighted by Crippen LogP contribution is -2.26. The number of hydrogen-bond donors (Lipinski definition) is 1. The van der Waals surface area contributed by atoms with Gasteiger partial charge in [0.25, 0.3) is 0 Å². The number of hydrogen-bond acceptors (Lipinski definition) is 3. The second-order valence-corrected chi connectivity index (χ2v) is 5.59. The van der Waals surface area contributed by atoms with Crippen LogP contribution in [-0.4, -0.2) is 35.9 Å². The van der Waals surface area contributed by atoms with Gasteiger partial charge in [0, 0.05) is 31.9 Å². The van der Waals surface area contributed by atoms with Crippen LogP contribution >= 0.6 is 11.6 Å². The summed E-state index contributed by atoms with van der Waals surface area (Å²) in [5.41, 5.74) is 1.91. The van der Waals surface area contributed by atoms with Crippen molar-refractivity contribution in [3.05, 3.63) is 59.4 Å². The molecule has 5 heteroatoms. The van der Waals surface area contributed by atoms with E-state index in [0.29, 0.717) is 23.7 Å². The lowest BCUT2D eigenvalue weighted by Gasteiger charge is -2.16. The fraction of sp³-hybridized carbons (Fsp3) is 0.294. The van der Waals surface area contributed by atoms with Crippen LogP contribution in [0.15, 0.2) is 48.8 Å². The first-order chi connectivity index (χ1) is 10.6. The first kappa shape index (κ1) is 16.5. The number of pyridine rings is 1. The van der Waals surface area contributed by atoms with E-state index in [-0.39, 0.29) is 5.91 Å². The van der Waals surface area contributed by atoms with Gasteiger partial charge in [0.1, 0.15) is 0 Å². The van der Waals surface area contributed by atoms with Crippen molar-refractivity contribution in [1.82, 2.24) is 9.88 Å². The normalized spacial score (nSPS) is 10.7. The minimum atomic E-state index is -0.0242. The Balaban J connectivity index is 1.71. The smallest absolute Gasteiger partial charge is 0.225 e. The van der Waals surface area contributed by atoms with E-state index in [1.54, 1.807) is 24.5 Å². The maximum absolute atomic E-state index is 11.9. The molecule has 0 radical (unpaired) electrons. The third kappa shape index (κ3) is 5.47. The average Bonchev–Trinajstić information content (AvgIpc) is 2.54. The highest BCUT2D eigenvalue weighted by atomic mass is 35.5. The lowest BCUT2D eigenvalue weighted by molar-refractivity contribution is -0.116. The topological polar surface area (TPSA) is 45.2 Å². The van der Waals surface area contributed by atoms with E-state index < -0.39 is 0 Å². The van der Waals surface area contributed by atoms with Crippen LogP contribution < -0.4 is 5.32 Å². The van der Waals surface area contributed by atoms with Crippen molar-refractivity contribution < 1.29 is 4.79 Å². The Morgan fingerprint density at radius 1 is 1.18 bits per heavy atom. The van der Waals surface area contributed by atoms with E-state index in [0.717, 1.165) is 13.0 Å². The molecule has 0 aliphatic heterocycles. The average molecular weight is 318 g/mol. The Morgan fingerprint density at radius 3 is 2.64 bits per heavy atom. The third-order valence-corrected chi connectivity index (χ3v) is 3.73. The molecule has 0 saturated heterocycles. The Hall–Kier alpha value is -1.91. The zero-order chi connectivity index (χ0) is 15.8. The largest absolute Gasteiger partial charge is 0.325 e. The van der Waals surface area contributed by atoms with Crippen LogP contribution in [0.5, 0.6) is 0 Å². The zero-order valence-corrected chi connectivity index (χ0v) is 13.4. The second kappa shape index (κ2) is 8.51. The number of likely N-dealkylation sites (N-methyl/N-ethyl adjacent to an activating group) is 1. The van der Waals surface area contributed by atoms with Crippen LogP contribution in [-0.2, 0) is 11.2 Å². The van der Waals surface area contributed by atoms with Gasteiger partial charge in [0.05, 0.1) is 10.7 Å². The molecule has 0 bridgehead atoms. The summed E-state index contributed by atoms with van der Waals surface area (Å²) < 4.78 is 0. The van der Waals surface area contributed by atoms with E-state index >= 15 is 0 Å². The highest BCUT2D eigenvalue weighted by Gasteiger charge is 2.07. The van der Waals surface area contributed by atoms with E-state index in [1.807, 2.05) is 31.3 Å². The molecule has 2 aromatic rings. The molecule has 1 N–H and O–H groups in total. The van der Waals surface area contributed by atoms with Gasteiger partial charge in [-0.2, -0.15) is 0 Å². The van der Waals surface area contributed by atoms with E-state index in [4.69, 9.17) is 11.6 Å². The SMILES string of the molecule is CN(CCC(=O)Nc1ccccc1Cl)CCc1ccncc1. The van der Waals surface area contributed by atoms with Crippen molar-refractivity contribution in [2.75, 3.05) is 25.5 Å². The van der Waals surface area contributed by atoms with Crippen molar-refractivity contribution in [1.29, 1.82) is 0 Å². The number of para-hydroxylation sites is 1. The molecule has 2 rings (SSSR count). The van der Waals surface area contributed by atoms with Gasteiger partial charge in [-0.1, -0.05) is 23.7 Å². The molecule has 0 fully saturated rings. The number of aromatic nitrogens is 1. The predicted molar refractivity (Wildman–Crippen MR) is 90.1 cm³/mol. The maximum Gasteiger partial charge on any atom is 0.225 e. The standard InChI is InChI=1S/C17H20ClN3O/c1-21(12-8-14-6-10-19-11-7-14)13-9-17(22)20-16-5-3-2-4-15(16)18/h2-7,10-11H,8-9,12-13H2,1H3,(H,20,22). The minimum absolute atomic E-state index is 0.0242. The van der Waals surface area contributed by atoms with Crippen molar-refractivity contribution >= 4 is 23.2 Å². The summed E-state index contributed by atoms with van der Waals surface area (Å²) >= 11 is 6.02. The van der Waals surface area contributed by atoms with Crippen LogP contribution in [0.2, 0.25) is 5.02 Å². The molecule has 1 aromatic carbocycles. The molecule has 0 aliphatic carbocycles. The van der Waals surface area contributed by atoms with Crippen LogP contribution in [0.4, 0.5) is 5.69 Å². The molecule has 4 nitrogen and oxygen atoms in total. The summed E-state index contributed by atoms with van der Waals surface area (Å²) in [6.07, 6.45) is 4.99. The highest BCUT2D eigenvalue weighted by molar-refractivity contribution is 6.33. The van der Waals surface area contributed by atoms with E-state index in [1.165, 1.54) is 5.56 Å². The maximum atomic E-state index is 11.9. The van der Waals surface area contributed by atoms with Gasteiger partial charge in [-0.25, -0.2) is 0 Å². The van der Waals surface area contributed by atoms with Crippen molar-refractivity contribution in [3.8, 4) is 0 Å². The van der Waals surface area contributed by atoms with E-state index in [2.05, 4.69) is 15.2 Å². The van der Waals surface area contributed by atoms with Crippen molar-refractivity contribution in [3.63, 3.8) is 0 Å². The predicted octanol–water partition coefficient (Wildman–Crippen LogP) is 3.24. The summed E-state index contributed by atoms with van der Waals surface area (Å²) in [4.78, 5) is 18.1. The fourth-order valence-corrected chi connectivity index (χ4v) is 2.23. The number of carbonyl (C=O) groups is 1. The first-order valence-corrected chi connectivity index (χ1v) is 7.65. The van der Waals surface area contributed by atoms with Crippen LogP contribution in [0.1, 0.15) is 12.0 Å². The molecule has 1 aromatic heterocycles. The lowest BCUT2D eigenvalue weighted by atomic mass is 10.2. The van der Waals surface area contributed by atoms with E-state index in [9.17, 15) is 4.79 Å². The number of rotatable bonds is 7. The molecule has 22 heavy (non-hydrogen) atoms. The summed E-state index contributed by atoms with van der Waals surface area (Å²) in [6.45, 7) is 1.62. The third-order valence-electron chi connectivity index (χ3n) is 3.40. The molecule has 0 saturated carbocycles. The first-order valence-electron chi connectivity index (χ1n) is 7.27. The number of anilines is 1. The fourth-order valence-electron chi connectivity index (χ4n) is 2.05. The minimum Gasteiger partial charge on any atom is -0.325 e.